The number of nitrogens with one attached hydrogen (secondary N) is 1. The fourth-order valence-electron chi connectivity index (χ4n) is 3.06. The third-order valence-corrected chi connectivity index (χ3v) is 4.81. The molecule has 4 nitrogen and oxygen atoms in total. The molecule has 0 saturated carbocycles. The zero-order valence-corrected chi connectivity index (χ0v) is 16.3. The Morgan fingerprint density at radius 2 is 1.96 bits per heavy atom. The molecular formula is C20H21Cl2N3O. The molecule has 0 atom stereocenters. The van der Waals surface area contributed by atoms with Crippen molar-refractivity contribution >= 4 is 40.1 Å². The van der Waals surface area contributed by atoms with Gasteiger partial charge in [0, 0.05) is 29.1 Å². The van der Waals surface area contributed by atoms with E-state index in [9.17, 15) is 4.79 Å². The van der Waals surface area contributed by atoms with Gasteiger partial charge in [-0.05, 0) is 43.7 Å². The average Bonchev–Trinajstić information content (AvgIpc) is 2.96. The number of halogens is 2. The number of rotatable bonds is 6. The standard InChI is InChI=1S/C20H21Cl2N3O/c1-13(2)25-18-6-4-3-5-17(18)24-19(25)9-10-23-20(26)11-14-7-8-15(21)12-16(14)22/h3-8,12-13H,9-11H2,1-2H3,(H,23,26). The van der Waals surface area contributed by atoms with Crippen LogP contribution in [0.15, 0.2) is 42.5 Å². The van der Waals surface area contributed by atoms with E-state index in [2.05, 4.69) is 29.8 Å². The minimum Gasteiger partial charge on any atom is -0.355 e. The van der Waals surface area contributed by atoms with Crippen molar-refractivity contribution in [3.8, 4) is 0 Å². The minimum absolute atomic E-state index is 0.0681. The summed E-state index contributed by atoms with van der Waals surface area (Å²) >= 11 is 12.0. The van der Waals surface area contributed by atoms with Crippen molar-refractivity contribution in [1.29, 1.82) is 0 Å². The fraction of sp³-hybridized carbons (Fsp3) is 0.300. The highest BCUT2D eigenvalue weighted by molar-refractivity contribution is 6.35. The molecule has 3 aromatic rings. The molecule has 0 unspecified atom stereocenters. The van der Waals surface area contributed by atoms with Crippen LogP contribution in [0.25, 0.3) is 11.0 Å². The van der Waals surface area contributed by atoms with Crippen LogP contribution in [0.2, 0.25) is 10.0 Å². The van der Waals surface area contributed by atoms with Crippen LogP contribution in [0.3, 0.4) is 0 Å². The second-order valence-corrected chi connectivity index (χ2v) is 7.34. The van der Waals surface area contributed by atoms with Gasteiger partial charge in [0.1, 0.15) is 5.82 Å². The van der Waals surface area contributed by atoms with Crippen LogP contribution in [-0.4, -0.2) is 22.0 Å². The molecule has 6 heteroatoms. The summed E-state index contributed by atoms with van der Waals surface area (Å²) in [6.07, 6.45) is 0.906. The van der Waals surface area contributed by atoms with Gasteiger partial charge < -0.3 is 9.88 Å². The van der Waals surface area contributed by atoms with E-state index in [0.29, 0.717) is 29.1 Å². The van der Waals surface area contributed by atoms with E-state index < -0.39 is 0 Å². The first-order chi connectivity index (χ1) is 12.5. The molecule has 0 radical (unpaired) electrons. The van der Waals surface area contributed by atoms with E-state index >= 15 is 0 Å². The maximum absolute atomic E-state index is 12.2. The minimum atomic E-state index is -0.0681. The summed E-state index contributed by atoms with van der Waals surface area (Å²) in [5.41, 5.74) is 2.87. The number of carbonyl (C=O) groups is 1. The lowest BCUT2D eigenvalue weighted by atomic mass is 10.1. The lowest BCUT2D eigenvalue weighted by Gasteiger charge is -2.13. The van der Waals surface area contributed by atoms with E-state index in [4.69, 9.17) is 28.2 Å². The Morgan fingerprint density at radius 3 is 2.69 bits per heavy atom. The molecule has 0 aliphatic heterocycles. The molecule has 0 fully saturated rings. The zero-order chi connectivity index (χ0) is 18.7. The molecule has 3 rings (SSSR count). The average molecular weight is 390 g/mol. The lowest BCUT2D eigenvalue weighted by molar-refractivity contribution is -0.120. The number of amides is 1. The molecule has 1 amide bonds. The Labute approximate surface area is 163 Å². The fourth-order valence-corrected chi connectivity index (χ4v) is 3.54. The molecular weight excluding hydrogens is 369 g/mol. The Kier molecular flexibility index (Phi) is 5.84. The van der Waals surface area contributed by atoms with E-state index in [1.165, 1.54) is 0 Å². The topological polar surface area (TPSA) is 46.9 Å². The Hall–Kier alpha value is -2.04. The lowest BCUT2D eigenvalue weighted by Crippen LogP contribution is -2.28. The van der Waals surface area contributed by atoms with Crippen molar-refractivity contribution in [1.82, 2.24) is 14.9 Å². The highest BCUT2D eigenvalue weighted by atomic mass is 35.5. The van der Waals surface area contributed by atoms with Gasteiger partial charge in [-0.2, -0.15) is 0 Å². The maximum atomic E-state index is 12.2. The summed E-state index contributed by atoms with van der Waals surface area (Å²) in [6.45, 7) is 4.80. The third kappa shape index (κ3) is 4.19. The Bertz CT molecular complexity index is 934. The number of para-hydroxylation sites is 2. The van der Waals surface area contributed by atoms with Crippen LogP contribution in [-0.2, 0) is 17.6 Å². The van der Waals surface area contributed by atoms with Gasteiger partial charge in [-0.15, -0.1) is 0 Å². The van der Waals surface area contributed by atoms with Crippen LogP contribution < -0.4 is 5.32 Å². The Morgan fingerprint density at radius 1 is 1.19 bits per heavy atom. The van der Waals surface area contributed by atoms with Crippen molar-refractivity contribution < 1.29 is 4.79 Å². The number of carbonyl (C=O) groups excluding carboxylic acids is 1. The molecule has 0 saturated heterocycles. The van der Waals surface area contributed by atoms with Crippen molar-refractivity contribution in [3.63, 3.8) is 0 Å². The van der Waals surface area contributed by atoms with Gasteiger partial charge >= 0.3 is 0 Å². The van der Waals surface area contributed by atoms with Crippen LogP contribution in [0.1, 0.15) is 31.3 Å². The molecule has 0 aliphatic rings. The van der Waals surface area contributed by atoms with Crippen LogP contribution >= 0.6 is 23.2 Å². The van der Waals surface area contributed by atoms with Gasteiger partial charge in [0.2, 0.25) is 5.91 Å². The molecule has 1 aromatic heterocycles. The predicted molar refractivity (Wildman–Crippen MR) is 107 cm³/mol. The van der Waals surface area contributed by atoms with Crippen LogP contribution in [0.4, 0.5) is 0 Å². The quantitative estimate of drug-likeness (QED) is 0.656. The van der Waals surface area contributed by atoms with Gasteiger partial charge in [0.05, 0.1) is 17.5 Å². The van der Waals surface area contributed by atoms with E-state index in [-0.39, 0.29) is 12.3 Å². The van der Waals surface area contributed by atoms with Gasteiger partial charge in [0.25, 0.3) is 0 Å². The summed E-state index contributed by atoms with van der Waals surface area (Å²) < 4.78 is 2.22. The first-order valence-electron chi connectivity index (χ1n) is 8.62. The number of imidazole rings is 1. The second kappa shape index (κ2) is 8.11. The molecule has 0 spiro atoms. The third-order valence-electron chi connectivity index (χ3n) is 4.22. The monoisotopic (exact) mass is 389 g/mol. The highest BCUT2D eigenvalue weighted by Gasteiger charge is 2.13. The van der Waals surface area contributed by atoms with Crippen molar-refractivity contribution in [3.05, 3.63) is 63.9 Å². The summed E-state index contributed by atoms with van der Waals surface area (Å²) in [6, 6.07) is 13.6. The largest absolute Gasteiger partial charge is 0.355 e. The van der Waals surface area contributed by atoms with Crippen molar-refractivity contribution in [2.45, 2.75) is 32.7 Å². The van der Waals surface area contributed by atoms with Crippen molar-refractivity contribution in [2.24, 2.45) is 0 Å². The molecule has 0 bridgehead atoms. The molecule has 1 N–H and O–H groups in total. The van der Waals surface area contributed by atoms with E-state index in [0.717, 1.165) is 22.4 Å². The summed E-state index contributed by atoms with van der Waals surface area (Å²) in [4.78, 5) is 16.9. The summed E-state index contributed by atoms with van der Waals surface area (Å²) in [5.74, 6) is 0.910. The number of fused-ring (bicyclic) bond motifs is 1. The van der Waals surface area contributed by atoms with Crippen LogP contribution in [0.5, 0.6) is 0 Å². The SMILES string of the molecule is CC(C)n1c(CCNC(=O)Cc2ccc(Cl)cc2Cl)nc2ccccc21. The smallest absolute Gasteiger partial charge is 0.224 e. The molecule has 1 heterocycles. The number of aromatic nitrogens is 2. The number of nitrogens with zero attached hydrogens (tertiary/aromatic N) is 2. The van der Waals surface area contributed by atoms with E-state index in [1.807, 2.05) is 18.2 Å². The summed E-state index contributed by atoms with van der Waals surface area (Å²) in [5, 5.41) is 4.02. The molecule has 2 aromatic carbocycles. The second-order valence-electron chi connectivity index (χ2n) is 6.49. The van der Waals surface area contributed by atoms with Gasteiger partial charge in [0.15, 0.2) is 0 Å². The highest BCUT2D eigenvalue weighted by Crippen LogP contribution is 2.22. The van der Waals surface area contributed by atoms with Gasteiger partial charge in [-0.3, -0.25) is 4.79 Å². The number of benzene rings is 2. The molecule has 0 aliphatic carbocycles. The number of hydrogen-bond acceptors (Lipinski definition) is 2. The van der Waals surface area contributed by atoms with Crippen LogP contribution in [0, 0.1) is 0 Å². The first-order valence-corrected chi connectivity index (χ1v) is 9.37. The zero-order valence-electron chi connectivity index (χ0n) is 14.8. The normalized spacial score (nSPS) is 11.3. The number of hydrogen-bond donors (Lipinski definition) is 1. The predicted octanol–water partition coefficient (Wildman–Crippen LogP) is 4.83. The van der Waals surface area contributed by atoms with Gasteiger partial charge in [-0.1, -0.05) is 41.4 Å². The van der Waals surface area contributed by atoms with Crippen molar-refractivity contribution in [2.75, 3.05) is 6.54 Å². The van der Waals surface area contributed by atoms with Gasteiger partial charge in [-0.25, -0.2) is 4.98 Å². The Balaban J connectivity index is 1.63. The maximum Gasteiger partial charge on any atom is 0.224 e. The summed E-state index contributed by atoms with van der Waals surface area (Å²) in [7, 11) is 0. The van der Waals surface area contributed by atoms with E-state index in [1.54, 1.807) is 18.2 Å². The first kappa shape index (κ1) is 18.7. The molecule has 26 heavy (non-hydrogen) atoms. The molecule has 136 valence electrons.